The quantitative estimate of drug-likeness (QED) is 0.312. The predicted octanol–water partition coefficient (Wildman–Crippen LogP) is 4.12. The van der Waals surface area contributed by atoms with Crippen LogP contribution in [0.15, 0.2) is 60.7 Å². The zero-order valence-electron chi connectivity index (χ0n) is 19.6. The highest BCUT2D eigenvalue weighted by Gasteiger charge is 2.25. The zero-order valence-corrected chi connectivity index (χ0v) is 20.4. The summed E-state index contributed by atoms with van der Waals surface area (Å²) < 4.78 is 17.6. The highest BCUT2D eigenvalue weighted by atomic mass is 32.1. The van der Waals surface area contributed by atoms with E-state index in [-0.39, 0.29) is 0 Å². The maximum absolute atomic E-state index is 13.5. The monoisotopic (exact) mass is 513 g/mol. The number of amides is 1. The summed E-state index contributed by atoms with van der Waals surface area (Å²) in [7, 11) is 3.11. The van der Waals surface area contributed by atoms with E-state index in [2.05, 4.69) is 37.0 Å². The smallest absolute Gasteiger partial charge is 0.271 e. The van der Waals surface area contributed by atoms with Crippen molar-refractivity contribution >= 4 is 32.6 Å². The first kappa shape index (κ1) is 23.7. The average molecular weight is 514 g/mol. The van der Waals surface area contributed by atoms with Crippen LogP contribution in [0.4, 0.5) is 5.13 Å². The molecule has 5 aromatic rings. The maximum Gasteiger partial charge on any atom is 0.271 e. The summed E-state index contributed by atoms with van der Waals surface area (Å²) in [6.45, 7) is 0. The number of carbonyl (C=O) groups is 1. The van der Waals surface area contributed by atoms with Gasteiger partial charge in [0.1, 0.15) is 5.75 Å². The second-order valence-electron chi connectivity index (χ2n) is 7.67. The average Bonchev–Trinajstić information content (AvgIpc) is 3.61. The van der Waals surface area contributed by atoms with Crippen LogP contribution < -0.4 is 19.5 Å². The van der Waals surface area contributed by atoms with Gasteiger partial charge >= 0.3 is 0 Å². The van der Waals surface area contributed by atoms with Gasteiger partial charge in [0.15, 0.2) is 16.6 Å². The minimum atomic E-state index is -1.01. The minimum absolute atomic E-state index is 0.396. The molecule has 0 spiro atoms. The number of H-pyrrole nitrogens is 1. The molecule has 0 aliphatic heterocycles. The first-order chi connectivity index (χ1) is 18.1. The normalized spacial score (nSPS) is 11.5. The molecule has 1 atom stereocenters. The van der Waals surface area contributed by atoms with Crippen molar-refractivity contribution in [3.8, 4) is 34.7 Å². The predicted molar refractivity (Wildman–Crippen MR) is 135 cm³/mol. The number of ether oxygens (including phenoxy) is 3. The third-order valence-corrected chi connectivity index (χ3v) is 6.35. The molecule has 3 aromatic carbocycles. The van der Waals surface area contributed by atoms with Gasteiger partial charge in [0.2, 0.25) is 11.9 Å². The molecule has 0 bridgehead atoms. The Kier molecular flexibility index (Phi) is 6.60. The zero-order chi connectivity index (χ0) is 25.8. The molecule has 2 N–H and O–H groups in total. The Morgan fingerprint density at radius 2 is 1.78 bits per heavy atom. The Balaban J connectivity index is 1.44. The van der Waals surface area contributed by atoms with E-state index in [1.807, 2.05) is 6.07 Å². The van der Waals surface area contributed by atoms with Crippen LogP contribution in [0.5, 0.6) is 17.2 Å². The van der Waals surface area contributed by atoms with Crippen molar-refractivity contribution in [3.63, 3.8) is 0 Å². The first-order valence-corrected chi connectivity index (χ1v) is 11.7. The standard InChI is InChI=1S/C25H19N7O4S/c1-34-19-11-18-21(12-20(19)35-2)37-25(27-18)28-24(33)22(36-17-9-3-14(13-26)4-10-17)15-5-7-16(8-6-15)23-29-31-32-30-23/h3-12,22H,1-2H3,(H,27,28,33)(H,29,30,31,32). The van der Waals surface area contributed by atoms with E-state index in [1.54, 1.807) is 68.8 Å². The molecule has 184 valence electrons. The van der Waals surface area contributed by atoms with Crippen molar-refractivity contribution in [2.24, 2.45) is 0 Å². The molecular weight excluding hydrogens is 494 g/mol. The number of benzene rings is 3. The second kappa shape index (κ2) is 10.3. The lowest BCUT2D eigenvalue weighted by molar-refractivity contribution is -0.123. The van der Waals surface area contributed by atoms with Gasteiger partial charge in [0, 0.05) is 23.3 Å². The van der Waals surface area contributed by atoms with Crippen LogP contribution in [-0.2, 0) is 4.79 Å². The number of methoxy groups -OCH3 is 2. The lowest BCUT2D eigenvalue weighted by Gasteiger charge is -2.19. The van der Waals surface area contributed by atoms with Crippen molar-refractivity contribution in [2.45, 2.75) is 6.10 Å². The fourth-order valence-electron chi connectivity index (χ4n) is 3.59. The molecule has 0 saturated heterocycles. The molecule has 0 aliphatic rings. The van der Waals surface area contributed by atoms with Crippen LogP contribution in [0.1, 0.15) is 17.2 Å². The summed E-state index contributed by atoms with van der Waals surface area (Å²) in [6, 6.07) is 19.2. The maximum atomic E-state index is 13.5. The van der Waals surface area contributed by atoms with Crippen molar-refractivity contribution in [2.75, 3.05) is 19.5 Å². The number of aromatic nitrogens is 5. The Hall–Kier alpha value is -5.02. The molecule has 11 nitrogen and oxygen atoms in total. The summed E-state index contributed by atoms with van der Waals surface area (Å²) in [6.07, 6.45) is -1.01. The van der Waals surface area contributed by atoms with Crippen LogP contribution in [0.2, 0.25) is 0 Å². The molecule has 0 radical (unpaired) electrons. The molecule has 0 fully saturated rings. The number of hydrogen-bond acceptors (Lipinski definition) is 10. The number of hydrogen-bond donors (Lipinski definition) is 2. The molecular formula is C25H19N7O4S. The molecule has 0 aliphatic carbocycles. The molecule has 2 aromatic heterocycles. The topological polar surface area (TPSA) is 148 Å². The summed E-state index contributed by atoms with van der Waals surface area (Å²) in [5.41, 5.74) is 2.47. The summed E-state index contributed by atoms with van der Waals surface area (Å²) >= 11 is 1.30. The molecule has 37 heavy (non-hydrogen) atoms. The Bertz CT molecular complexity index is 1540. The van der Waals surface area contributed by atoms with Crippen molar-refractivity contribution < 1.29 is 19.0 Å². The Morgan fingerprint density at radius 3 is 2.43 bits per heavy atom. The van der Waals surface area contributed by atoms with E-state index >= 15 is 0 Å². The summed E-state index contributed by atoms with van der Waals surface area (Å²) in [4.78, 5) is 18.0. The summed E-state index contributed by atoms with van der Waals surface area (Å²) in [5, 5.41) is 26.3. The summed E-state index contributed by atoms with van der Waals surface area (Å²) in [5.74, 6) is 1.55. The van der Waals surface area contributed by atoms with Crippen LogP contribution in [0.3, 0.4) is 0 Å². The van der Waals surface area contributed by atoms with Gasteiger partial charge in [0.25, 0.3) is 5.91 Å². The fourth-order valence-corrected chi connectivity index (χ4v) is 4.47. The first-order valence-electron chi connectivity index (χ1n) is 10.9. The molecule has 1 amide bonds. The molecule has 5 rings (SSSR count). The largest absolute Gasteiger partial charge is 0.493 e. The van der Waals surface area contributed by atoms with Crippen molar-refractivity contribution in [1.29, 1.82) is 5.26 Å². The van der Waals surface area contributed by atoms with Crippen molar-refractivity contribution in [1.82, 2.24) is 25.6 Å². The number of thiazole rings is 1. The van der Waals surface area contributed by atoms with E-state index in [0.717, 1.165) is 10.3 Å². The number of nitrogens with zero attached hydrogens (tertiary/aromatic N) is 5. The van der Waals surface area contributed by atoms with Gasteiger partial charge in [0.05, 0.1) is 36.1 Å². The number of anilines is 1. The highest BCUT2D eigenvalue weighted by Crippen LogP contribution is 2.36. The van der Waals surface area contributed by atoms with Gasteiger partial charge in [-0.1, -0.05) is 35.6 Å². The van der Waals surface area contributed by atoms with E-state index < -0.39 is 12.0 Å². The number of rotatable bonds is 8. The van der Waals surface area contributed by atoms with E-state index in [4.69, 9.17) is 19.5 Å². The minimum Gasteiger partial charge on any atom is -0.493 e. The van der Waals surface area contributed by atoms with Crippen LogP contribution >= 0.6 is 11.3 Å². The van der Waals surface area contributed by atoms with E-state index in [1.165, 1.54) is 11.3 Å². The molecule has 0 saturated carbocycles. The fraction of sp³-hybridized carbons (Fsp3) is 0.120. The van der Waals surface area contributed by atoms with Gasteiger partial charge in [-0.25, -0.2) is 4.98 Å². The molecule has 2 heterocycles. The van der Waals surface area contributed by atoms with Crippen molar-refractivity contribution in [3.05, 3.63) is 71.8 Å². The highest BCUT2D eigenvalue weighted by molar-refractivity contribution is 7.22. The third kappa shape index (κ3) is 5.02. The number of tetrazole rings is 1. The number of nitriles is 1. The second-order valence-corrected chi connectivity index (χ2v) is 8.71. The lowest BCUT2D eigenvalue weighted by Crippen LogP contribution is -2.25. The van der Waals surface area contributed by atoms with Crippen LogP contribution in [-0.4, -0.2) is 45.7 Å². The van der Waals surface area contributed by atoms with Gasteiger partial charge in [-0.05, 0) is 29.5 Å². The Labute approximate surface area is 214 Å². The van der Waals surface area contributed by atoms with Gasteiger partial charge in [-0.3, -0.25) is 10.1 Å². The number of nitrogens with one attached hydrogen (secondary N) is 2. The number of aromatic amines is 1. The number of fused-ring (bicyclic) bond motifs is 1. The molecule has 1 unspecified atom stereocenters. The van der Waals surface area contributed by atoms with Gasteiger partial charge < -0.3 is 14.2 Å². The SMILES string of the molecule is COc1cc2nc(NC(=O)C(Oc3ccc(C#N)cc3)c3ccc(-c4nn[nH]n4)cc3)sc2cc1OC. The van der Waals surface area contributed by atoms with Crippen LogP contribution in [0.25, 0.3) is 21.6 Å². The van der Waals surface area contributed by atoms with E-state index in [9.17, 15) is 4.79 Å². The number of carbonyl (C=O) groups excluding carboxylic acids is 1. The Morgan fingerprint density at radius 1 is 1.05 bits per heavy atom. The van der Waals surface area contributed by atoms with Gasteiger partial charge in [-0.15, -0.1) is 10.2 Å². The lowest BCUT2D eigenvalue weighted by atomic mass is 10.1. The molecule has 12 heteroatoms. The van der Waals surface area contributed by atoms with Gasteiger partial charge in [-0.2, -0.15) is 10.5 Å². The third-order valence-electron chi connectivity index (χ3n) is 5.42. The van der Waals surface area contributed by atoms with Crippen LogP contribution in [0, 0.1) is 11.3 Å². The van der Waals surface area contributed by atoms with E-state index in [0.29, 0.717) is 44.8 Å².